The molecule has 1 aromatic heterocycles. The van der Waals surface area contributed by atoms with Crippen LogP contribution < -0.4 is 24.4 Å². The summed E-state index contributed by atoms with van der Waals surface area (Å²) in [5.74, 6) is 0.429. The van der Waals surface area contributed by atoms with Gasteiger partial charge in [0.05, 0.1) is 28.5 Å². The quantitative estimate of drug-likeness (QED) is 0.150. The summed E-state index contributed by atoms with van der Waals surface area (Å²) < 4.78 is 32.9. The van der Waals surface area contributed by atoms with Crippen LogP contribution in [0.2, 0.25) is 0 Å². The van der Waals surface area contributed by atoms with E-state index in [0.717, 1.165) is 16.7 Å². The molecule has 0 N–H and O–H groups in total. The van der Waals surface area contributed by atoms with Crippen LogP contribution in [0.3, 0.4) is 0 Å². The molecule has 0 spiro atoms. The van der Waals surface area contributed by atoms with E-state index in [1.807, 2.05) is 62.4 Å². The van der Waals surface area contributed by atoms with Gasteiger partial charge in [-0.1, -0.05) is 53.8 Å². The van der Waals surface area contributed by atoms with E-state index in [2.05, 4.69) is 11.6 Å². The van der Waals surface area contributed by atoms with Gasteiger partial charge in [-0.3, -0.25) is 9.36 Å². The molecule has 1 aliphatic rings. The average Bonchev–Trinajstić information content (AvgIpc) is 3.31. The Bertz CT molecular complexity index is 1940. The lowest BCUT2D eigenvalue weighted by molar-refractivity contribution is -0.139. The summed E-state index contributed by atoms with van der Waals surface area (Å²) in [6.07, 6.45) is 4.03. The number of rotatable bonds is 11. The molecule has 0 saturated heterocycles. The van der Waals surface area contributed by atoms with Crippen molar-refractivity contribution in [2.75, 3.05) is 6.61 Å². The number of hydrogen-bond donors (Lipinski definition) is 0. The van der Waals surface area contributed by atoms with Crippen molar-refractivity contribution in [1.82, 2.24) is 4.57 Å². The maximum Gasteiger partial charge on any atom is 0.338 e. The van der Waals surface area contributed by atoms with Crippen LogP contribution in [0.5, 0.6) is 11.5 Å². The predicted octanol–water partition coefficient (Wildman–Crippen LogP) is 6.03. The summed E-state index contributed by atoms with van der Waals surface area (Å²) in [5.41, 5.74) is 3.72. The third-order valence-electron chi connectivity index (χ3n) is 7.15. The molecule has 7 nitrogen and oxygen atoms in total. The molecule has 0 fully saturated rings. The van der Waals surface area contributed by atoms with E-state index in [1.54, 1.807) is 36.6 Å². The van der Waals surface area contributed by atoms with Crippen molar-refractivity contribution < 1.29 is 23.4 Å². The van der Waals surface area contributed by atoms with Gasteiger partial charge in [0.1, 0.15) is 30.0 Å². The zero-order valence-electron chi connectivity index (χ0n) is 25.7. The molecule has 0 aliphatic carbocycles. The highest BCUT2D eigenvalue weighted by Gasteiger charge is 2.35. The molecule has 0 saturated carbocycles. The molecule has 9 heteroatoms. The Morgan fingerprint density at radius 2 is 1.87 bits per heavy atom. The number of thiazole rings is 1. The number of aromatic nitrogens is 1. The number of ether oxygens (including phenoxy) is 3. The van der Waals surface area contributed by atoms with Crippen LogP contribution in [0.25, 0.3) is 6.08 Å². The molecule has 5 rings (SSSR count). The van der Waals surface area contributed by atoms with Crippen molar-refractivity contribution >= 4 is 23.4 Å². The Balaban J connectivity index is 1.58. The molecule has 1 aliphatic heterocycles. The SMILES string of the molecule is C=CCc1cc(/C=c2/sc3n(c2=O)[C@@H](c2ccccc2OC(C)C)C(C(=O)OCC)=C(C)N=3)ccc1OCc1ccc(F)cc1. The second kappa shape index (κ2) is 13.9. The van der Waals surface area contributed by atoms with Crippen LogP contribution in [-0.4, -0.2) is 23.2 Å². The van der Waals surface area contributed by atoms with Crippen LogP contribution >= 0.6 is 11.3 Å². The number of nitrogens with zero attached hydrogens (tertiary/aromatic N) is 2. The smallest absolute Gasteiger partial charge is 0.338 e. The van der Waals surface area contributed by atoms with Gasteiger partial charge in [-0.25, -0.2) is 14.2 Å². The van der Waals surface area contributed by atoms with Crippen LogP contribution in [-0.2, 0) is 22.6 Å². The number of fused-ring (bicyclic) bond motifs is 1. The maximum atomic E-state index is 14.1. The minimum Gasteiger partial charge on any atom is -0.491 e. The Morgan fingerprint density at radius 3 is 2.58 bits per heavy atom. The summed E-state index contributed by atoms with van der Waals surface area (Å²) in [6.45, 7) is 11.7. The first-order valence-electron chi connectivity index (χ1n) is 14.8. The highest BCUT2D eigenvalue weighted by atomic mass is 32.1. The van der Waals surface area contributed by atoms with E-state index in [1.165, 1.54) is 23.5 Å². The van der Waals surface area contributed by atoms with Gasteiger partial charge in [0.15, 0.2) is 4.80 Å². The number of esters is 1. The van der Waals surface area contributed by atoms with Crippen molar-refractivity contribution in [3.63, 3.8) is 0 Å². The fourth-order valence-electron chi connectivity index (χ4n) is 5.19. The minimum absolute atomic E-state index is 0.120. The zero-order valence-corrected chi connectivity index (χ0v) is 26.5. The third kappa shape index (κ3) is 6.99. The lowest BCUT2D eigenvalue weighted by Gasteiger charge is -2.26. The van der Waals surface area contributed by atoms with Crippen LogP contribution in [0.1, 0.15) is 56.0 Å². The first-order chi connectivity index (χ1) is 21.7. The van der Waals surface area contributed by atoms with Crippen LogP contribution in [0.15, 0.2) is 100 Å². The van der Waals surface area contributed by atoms with E-state index in [4.69, 9.17) is 14.2 Å². The highest BCUT2D eigenvalue weighted by Crippen LogP contribution is 2.36. The van der Waals surface area contributed by atoms with E-state index >= 15 is 0 Å². The predicted molar refractivity (Wildman–Crippen MR) is 174 cm³/mol. The van der Waals surface area contributed by atoms with Crippen LogP contribution in [0.4, 0.5) is 4.39 Å². The Morgan fingerprint density at radius 1 is 1.11 bits per heavy atom. The van der Waals surface area contributed by atoms with Gasteiger partial charge < -0.3 is 14.2 Å². The monoisotopic (exact) mass is 626 g/mol. The third-order valence-corrected chi connectivity index (χ3v) is 8.13. The van der Waals surface area contributed by atoms with E-state index in [0.29, 0.717) is 44.1 Å². The van der Waals surface area contributed by atoms with E-state index in [-0.39, 0.29) is 30.7 Å². The summed E-state index contributed by atoms with van der Waals surface area (Å²) in [7, 11) is 0. The molecular weight excluding hydrogens is 591 g/mol. The van der Waals surface area contributed by atoms with Crippen molar-refractivity contribution in [1.29, 1.82) is 0 Å². The first-order valence-corrected chi connectivity index (χ1v) is 15.6. The molecule has 45 heavy (non-hydrogen) atoms. The number of benzene rings is 3. The molecular formula is C36H35FN2O5S. The summed E-state index contributed by atoms with van der Waals surface area (Å²) in [6, 6.07) is 18.5. The standard InChI is InChI=1S/C36H35FN2O5S/c1-6-10-26-19-25(15-18-29(26)43-21-24-13-16-27(37)17-14-24)20-31-34(40)39-33(28-11-8-9-12-30(28)44-22(3)4)32(35(41)42-7-2)23(5)38-36(39)45-31/h6,8-9,11-20,22,33H,1,7,10,21H2,2-5H3/b31-20+/t33-/m0/s1. The fourth-order valence-corrected chi connectivity index (χ4v) is 6.24. The van der Waals surface area contributed by atoms with Crippen molar-refractivity contribution in [2.24, 2.45) is 4.99 Å². The summed E-state index contributed by atoms with van der Waals surface area (Å²) in [5, 5.41) is 0. The van der Waals surface area contributed by atoms with Gasteiger partial charge >= 0.3 is 5.97 Å². The molecule has 3 aromatic carbocycles. The van der Waals surface area contributed by atoms with E-state index in [9.17, 15) is 14.0 Å². The Kier molecular flexibility index (Phi) is 9.78. The summed E-state index contributed by atoms with van der Waals surface area (Å²) >= 11 is 1.26. The van der Waals surface area contributed by atoms with E-state index < -0.39 is 12.0 Å². The number of carbonyl (C=O) groups is 1. The van der Waals surface area contributed by atoms with Crippen molar-refractivity contribution in [3.05, 3.63) is 138 Å². The van der Waals surface area contributed by atoms with Gasteiger partial charge in [-0.15, -0.1) is 6.58 Å². The maximum absolute atomic E-state index is 14.1. The number of hydrogen-bond acceptors (Lipinski definition) is 7. The lowest BCUT2D eigenvalue weighted by Crippen LogP contribution is -2.40. The Hall–Kier alpha value is -4.76. The second-order valence-corrected chi connectivity index (χ2v) is 11.8. The molecule has 4 aromatic rings. The average molecular weight is 627 g/mol. The normalized spacial score (nSPS) is 14.6. The van der Waals surface area contributed by atoms with Crippen molar-refractivity contribution in [3.8, 4) is 11.5 Å². The lowest BCUT2D eigenvalue weighted by atomic mass is 9.95. The van der Waals surface area contributed by atoms with Gasteiger partial charge in [0.2, 0.25) is 0 Å². The fraction of sp³-hybridized carbons (Fsp3) is 0.250. The summed E-state index contributed by atoms with van der Waals surface area (Å²) in [4.78, 5) is 32.6. The van der Waals surface area contributed by atoms with Gasteiger partial charge in [0.25, 0.3) is 5.56 Å². The second-order valence-electron chi connectivity index (χ2n) is 10.8. The Labute approximate surface area is 265 Å². The molecule has 0 bridgehead atoms. The number of para-hydroxylation sites is 1. The molecule has 0 radical (unpaired) electrons. The molecule has 0 amide bonds. The number of carbonyl (C=O) groups excluding carboxylic acids is 1. The van der Waals surface area contributed by atoms with Gasteiger partial charge in [-0.2, -0.15) is 0 Å². The number of allylic oxidation sites excluding steroid dienone is 2. The largest absolute Gasteiger partial charge is 0.491 e. The van der Waals surface area contributed by atoms with Gasteiger partial charge in [0, 0.05) is 5.56 Å². The topological polar surface area (TPSA) is 79.1 Å². The molecule has 2 heterocycles. The highest BCUT2D eigenvalue weighted by molar-refractivity contribution is 7.07. The van der Waals surface area contributed by atoms with Crippen molar-refractivity contribution in [2.45, 2.75) is 52.9 Å². The first kappa shape index (κ1) is 31.7. The zero-order chi connectivity index (χ0) is 32.1. The molecule has 1 atom stereocenters. The molecule has 232 valence electrons. The molecule has 0 unspecified atom stereocenters. The van der Waals surface area contributed by atoms with Crippen LogP contribution in [0, 0.1) is 5.82 Å². The van der Waals surface area contributed by atoms with Gasteiger partial charge in [-0.05, 0) is 87.2 Å². The number of halogens is 1. The minimum atomic E-state index is -0.782.